The molecule has 0 spiro atoms. The summed E-state index contributed by atoms with van der Waals surface area (Å²) < 4.78 is 0. The monoisotopic (exact) mass is 285 g/mol. The number of benzene rings is 1. The zero-order valence-electron chi connectivity index (χ0n) is 11.6. The Hall–Kier alpha value is -0.180. The van der Waals surface area contributed by atoms with E-state index in [1.807, 2.05) is 23.9 Å². The predicted octanol–water partition coefficient (Wildman–Crippen LogP) is 4.39. The summed E-state index contributed by atoms with van der Waals surface area (Å²) in [4.78, 5) is 0. The first-order chi connectivity index (χ1) is 8.61. The minimum atomic E-state index is 0.554. The molecule has 0 aromatic heterocycles. The number of thioether (sulfide) groups is 1. The van der Waals surface area contributed by atoms with Crippen LogP contribution in [0.4, 0.5) is 0 Å². The van der Waals surface area contributed by atoms with Crippen molar-refractivity contribution >= 4 is 23.4 Å². The molecule has 0 aliphatic heterocycles. The van der Waals surface area contributed by atoms with E-state index in [1.54, 1.807) is 0 Å². The molecule has 0 saturated heterocycles. The van der Waals surface area contributed by atoms with Crippen molar-refractivity contribution < 1.29 is 0 Å². The molecule has 0 heterocycles. The highest BCUT2D eigenvalue weighted by molar-refractivity contribution is 7.99. The molecule has 1 aromatic carbocycles. The van der Waals surface area contributed by atoms with Gasteiger partial charge in [0, 0.05) is 16.8 Å². The van der Waals surface area contributed by atoms with E-state index >= 15 is 0 Å². The molecule has 1 atom stereocenters. The summed E-state index contributed by atoms with van der Waals surface area (Å²) in [5.74, 6) is 1.17. The van der Waals surface area contributed by atoms with E-state index < -0.39 is 0 Å². The van der Waals surface area contributed by atoms with Gasteiger partial charge < -0.3 is 5.32 Å². The highest BCUT2D eigenvalue weighted by atomic mass is 35.5. The third-order valence-corrected chi connectivity index (χ3v) is 4.22. The molecule has 3 heteroatoms. The van der Waals surface area contributed by atoms with Crippen molar-refractivity contribution in [2.24, 2.45) is 0 Å². The Bertz CT molecular complexity index is 324. The number of hydrogen-bond acceptors (Lipinski definition) is 2. The molecule has 1 unspecified atom stereocenters. The van der Waals surface area contributed by atoms with E-state index in [0.717, 1.165) is 18.0 Å². The fraction of sp³-hybridized carbons (Fsp3) is 0.600. The second kappa shape index (κ2) is 8.84. The third-order valence-electron chi connectivity index (χ3n) is 2.71. The highest BCUT2D eigenvalue weighted by Crippen LogP contribution is 2.15. The fourth-order valence-corrected chi connectivity index (χ4v) is 2.73. The minimum Gasteiger partial charge on any atom is -0.313 e. The fourth-order valence-electron chi connectivity index (χ4n) is 1.75. The SMILES string of the molecule is CCCNC(CSC(C)C)Cc1ccc(Cl)cc1. The van der Waals surface area contributed by atoms with Crippen molar-refractivity contribution in [3.63, 3.8) is 0 Å². The van der Waals surface area contributed by atoms with Gasteiger partial charge in [0.25, 0.3) is 0 Å². The molecule has 0 aliphatic carbocycles. The number of nitrogens with one attached hydrogen (secondary N) is 1. The van der Waals surface area contributed by atoms with Crippen LogP contribution in [0.2, 0.25) is 5.02 Å². The van der Waals surface area contributed by atoms with E-state index in [0.29, 0.717) is 11.3 Å². The quantitative estimate of drug-likeness (QED) is 0.760. The average Bonchev–Trinajstić information content (AvgIpc) is 2.35. The lowest BCUT2D eigenvalue weighted by atomic mass is 10.1. The van der Waals surface area contributed by atoms with Crippen molar-refractivity contribution in [1.82, 2.24) is 5.32 Å². The molecule has 0 saturated carbocycles. The van der Waals surface area contributed by atoms with E-state index in [2.05, 4.69) is 38.2 Å². The second-order valence-corrected chi connectivity index (χ2v) is 6.91. The molecule has 0 fully saturated rings. The number of rotatable bonds is 8. The zero-order valence-corrected chi connectivity index (χ0v) is 13.2. The van der Waals surface area contributed by atoms with E-state index in [-0.39, 0.29) is 0 Å². The molecule has 0 radical (unpaired) electrons. The van der Waals surface area contributed by atoms with Crippen molar-refractivity contribution in [2.45, 2.75) is 44.9 Å². The molecule has 18 heavy (non-hydrogen) atoms. The summed E-state index contributed by atoms with van der Waals surface area (Å²) in [7, 11) is 0. The standard InChI is InChI=1S/C15H24ClNS/c1-4-9-17-15(11-18-12(2)3)10-13-5-7-14(16)8-6-13/h5-8,12,15,17H,4,9-11H2,1-3H3. The van der Waals surface area contributed by atoms with Gasteiger partial charge in [0.2, 0.25) is 0 Å². The first-order valence-corrected chi connectivity index (χ1v) is 8.14. The van der Waals surface area contributed by atoms with Gasteiger partial charge in [0.1, 0.15) is 0 Å². The van der Waals surface area contributed by atoms with Crippen LogP contribution in [-0.2, 0) is 6.42 Å². The summed E-state index contributed by atoms with van der Waals surface area (Å²) in [6.07, 6.45) is 2.26. The Morgan fingerprint density at radius 1 is 1.22 bits per heavy atom. The molecule has 1 aromatic rings. The number of halogens is 1. The molecule has 102 valence electrons. The lowest BCUT2D eigenvalue weighted by Crippen LogP contribution is -2.34. The molecular weight excluding hydrogens is 262 g/mol. The van der Waals surface area contributed by atoms with Gasteiger partial charge in [-0.05, 0) is 42.3 Å². The van der Waals surface area contributed by atoms with Gasteiger partial charge in [-0.3, -0.25) is 0 Å². The Morgan fingerprint density at radius 3 is 2.44 bits per heavy atom. The number of hydrogen-bond donors (Lipinski definition) is 1. The van der Waals surface area contributed by atoms with E-state index in [9.17, 15) is 0 Å². The largest absolute Gasteiger partial charge is 0.313 e. The Balaban J connectivity index is 2.50. The summed E-state index contributed by atoms with van der Waals surface area (Å²) in [5.41, 5.74) is 1.36. The molecule has 1 rings (SSSR count). The maximum Gasteiger partial charge on any atom is 0.0406 e. The first kappa shape index (κ1) is 15.9. The highest BCUT2D eigenvalue weighted by Gasteiger charge is 2.10. The Morgan fingerprint density at radius 2 is 1.89 bits per heavy atom. The van der Waals surface area contributed by atoms with Gasteiger partial charge >= 0.3 is 0 Å². The minimum absolute atomic E-state index is 0.554. The Kier molecular flexibility index (Phi) is 7.80. The van der Waals surface area contributed by atoms with E-state index in [1.165, 1.54) is 17.7 Å². The molecule has 0 aliphatic rings. The Labute approximate surface area is 121 Å². The topological polar surface area (TPSA) is 12.0 Å². The van der Waals surface area contributed by atoms with Crippen LogP contribution < -0.4 is 5.32 Å². The predicted molar refractivity (Wildman–Crippen MR) is 84.8 cm³/mol. The maximum absolute atomic E-state index is 5.91. The van der Waals surface area contributed by atoms with Crippen LogP contribution in [0.1, 0.15) is 32.8 Å². The lowest BCUT2D eigenvalue weighted by Gasteiger charge is -2.19. The maximum atomic E-state index is 5.91. The van der Waals surface area contributed by atoms with E-state index in [4.69, 9.17) is 11.6 Å². The van der Waals surface area contributed by atoms with Gasteiger partial charge in [-0.25, -0.2) is 0 Å². The summed E-state index contributed by atoms with van der Waals surface area (Å²) in [6, 6.07) is 8.76. The van der Waals surface area contributed by atoms with Crippen molar-refractivity contribution in [1.29, 1.82) is 0 Å². The van der Waals surface area contributed by atoms with Gasteiger partial charge in [0.05, 0.1) is 0 Å². The summed E-state index contributed by atoms with van der Waals surface area (Å²) >= 11 is 7.94. The van der Waals surface area contributed by atoms with Crippen molar-refractivity contribution in [2.75, 3.05) is 12.3 Å². The van der Waals surface area contributed by atoms with Crippen LogP contribution in [0.15, 0.2) is 24.3 Å². The van der Waals surface area contributed by atoms with Crippen LogP contribution >= 0.6 is 23.4 Å². The molecular formula is C15H24ClNS. The molecule has 1 nitrogen and oxygen atoms in total. The van der Waals surface area contributed by atoms with Crippen LogP contribution in [0, 0.1) is 0 Å². The first-order valence-electron chi connectivity index (χ1n) is 6.71. The molecule has 0 amide bonds. The van der Waals surface area contributed by atoms with Crippen LogP contribution in [0.5, 0.6) is 0 Å². The van der Waals surface area contributed by atoms with Crippen LogP contribution in [-0.4, -0.2) is 23.6 Å². The third kappa shape index (κ3) is 6.67. The van der Waals surface area contributed by atoms with Gasteiger partial charge in [-0.2, -0.15) is 11.8 Å². The van der Waals surface area contributed by atoms with Crippen LogP contribution in [0.25, 0.3) is 0 Å². The molecule has 0 bridgehead atoms. The summed E-state index contributed by atoms with van der Waals surface area (Å²) in [6.45, 7) is 7.81. The van der Waals surface area contributed by atoms with Crippen molar-refractivity contribution in [3.8, 4) is 0 Å². The smallest absolute Gasteiger partial charge is 0.0406 e. The average molecular weight is 286 g/mol. The second-order valence-electron chi connectivity index (χ2n) is 4.86. The van der Waals surface area contributed by atoms with Crippen molar-refractivity contribution in [3.05, 3.63) is 34.9 Å². The van der Waals surface area contributed by atoms with Gasteiger partial charge in [-0.15, -0.1) is 0 Å². The lowest BCUT2D eigenvalue weighted by molar-refractivity contribution is 0.550. The molecule has 1 N–H and O–H groups in total. The van der Waals surface area contributed by atoms with Crippen LogP contribution in [0.3, 0.4) is 0 Å². The summed E-state index contributed by atoms with van der Waals surface area (Å²) in [5, 5.41) is 5.14. The van der Waals surface area contributed by atoms with Gasteiger partial charge in [-0.1, -0.05) is 44.5 Å². The normalized spacial score (nSPS) is 12.9. The van der Waals surface area contributed by atoms with Gasteiger partial charge in [0.15, 0.2) is 0 Å². The zero-order chi connectivity index (χ0) is 13.4.